The molecule has 0 saturated carbocycles. The van der Waals surface area contributed by atoms with Crippen LogP contribution in [0.2, 0.25) is 0 Å². The van der Waals surface area contributed by atoms with E-state index in [1.165, 1.54) is 36.3 Å². The maximum absolute atomic E-state index is 12.6. The summed E-state index contributed by atoms with van der Waals surface area (Å²) in [4.78, 5) is 14.6. The quantitative estimate of drug-likeness (QED) is 0.924. The molecule has 3 nitrogen and oxygen atoms in total. The molecule has 1 aromatic rings. The number of nitrogens with one attached hydrogen (secondary N) is 1. The van der Waals surface area contributed by atoms with Crippen LogP contribution in [0.1, 0.15) is 48.0 Å². The second-order valence-corrected chi connectivity index (χ2v) is 7.50. The number of rotatable bonds is 4. The van der Waals surface area contributed by atoms with Crippen molar-refractivity contribution < 1.29 is 4.79 Å². The van der Waals surface area contributed by atoms with E-state index in [0.29, 0.717) is 6.04 Å². The van der Waals surface area contributed by atoms with Crippen LogP contribution in [0.4, 0.5) is 0 Å². The number of likely N-dealkylation sites (tertiary alicyclic amines) is 1. The molecular formula is C18H26N2OS. The molecule has 1 N–H and O–H groups in total. The largest absolute Gasteiger partial charge is 0.339 e. The fraction of sp³-hybridized carbons (Fsp3) is 0.611. The Morgan fingerprint density at radius 1 is 1.23 bits per heavy atom. The molecule has 1 aromatic carbocycles. The van der Waals surface area contributed by atoms with Crippen molar-refractivity contribution in [1.29, 1.82) is 0 Å². The predicted octanol–water partition coefficient (Wildman–Crippen LogP) is 3.30. The summed E-state index contributed by atoms with van der Waals surface area (Å²) in [6.07, 6.45) is 6.14. The lowest BCUT2D eigenvalue weighted by Crippen LogP contribution is -2.35. The van der Waals surface area contributed by atoms with Crippen molar-refractivity contribution >= 4 is 17.7 Å². The number of amides is 1. The average Bonchev–Trinajstić information content (AvgIpc) is 2.61. The van der Waals surface area contributed by atoms with E-state index >= 15 is 0 Å². The molecule has 0 spiro atoms. The van der Waals surface area contributed by atoms with E-state index in [0.717, 1.165) is 38.0 Å². The molecule has 0 aromatic heterocycles. The zero-order valence-corrected chi connectivity index (χ0v) is 14.0. The summed E-state index contributed by atoms with van der Waals surface area (Å²) in [6.45, 7) is 2.70. The van der Waals surface area contributed by atoms with Gasteiger partial charge in [0.2, 0.25) is 0 Å². The summed E-state index contributed by atoms with van der Waals surface area (Å²) in [6, 6.07) is 8.79. The van der Waals surface area contributed by atoms with E-state index in [1.54, 1.807) is 0 Å². The molecule has 0 bridgehead atoms. The number of hydrogen-bond acceptors (Lipinski definition) is 3. The van der Waals surface area contributed by atoms with Gasteiger partial charge in [-0.15, -0.1) is 0 Å². The Labute approximate surface area is 137 Å². The topological polar surface area (TPSA) is 32.3 Å². The Bertz CT molecular complexity index is 494. The van der Waals surface area contributed by atoms with Crippen molar-refractivity contribution in [3.05, 3.63) is 35.4 Å². The van der Waals surface area contributed by atoms with Gasteiger partial charge in [0.25, 0.3) is 5.91 Å². The van der Waals surface area contributed by atoms with Crippen molar-refractivity contribution in [3.63, 3.8) is 0 Å². The van der Waals surface area contributed by atoms with Crippen molar-refractivity contribution in [2.24, 2.45) is 0 Å². The molecule has 0 aliphatic carbocycles. The smallest absolute Gasteiger partial charge is 0.253 e. The van der Waals surface area contributed by atoms with Crippen LogP contribution in [-0.2, 0) is 6.54 Å². The van der Waals surface area contributed by atoms with E-state index in [-0.39, 0.29) is 5.91 Å². The van der Waals surface area contributed by atoms with Gasteiger partial charge in [0.1, 0.15) is 0 Å². The molecule has 3 rings (SSSR count). The van der Waals surface area contributed by atoms with E-state index < -0.39 is 0 Å². The number of carbonyl (C=O) groups excluding carboxylic acids is 1. The van der Waals surface area contributed by atoms with Gasteiger partial charge in [-0.05, 0) is 55.6 Å². The number of thioether (sulfide) groups is 1. The van der Waals surface area contributed by atoms with Gasteiger partial charge in [-0.2, -0.15) is 11.8 Å². The minimum Gasteiger partial charge on any atom is -0.339 e. The summed E-state index contributed by atoms with van der Waals surface area (Å²) in [5.74, 6) is 2.72. The molecule has 22 heavy (non-hydrogen) atoms. The highest BCUT2D eigenvalue weighted by molar-refractivity contribution is 7.99. The SMILES string of the molecule is O=C(c1cccc(CN[C@@H]2CCCSC2)c1)N1CCCCC1. The molecule has 120 valence electrons. The molecular weight excluding hydrogens is 292 g/mol. The maximum atomic E-state index is 12.6. The number of benzene rings is 1. The molecule has 2 aliphatic rings. The van der Waals surface area contributed by atoms with Crippen molar-refractivity contribution in [3.8, 4) is 0 Å². The van der Waals surface area contributed by atoms with E-state index in [4.69, 9.17) is 0 Å². The van der Waals surface area contributed by atoms with Crippen LogP contribution in [0, 0.1) is 0 Å². The third-order valence-corrected chi connectivity index (χ3v) is 5.79. The first-order chi connectivity index (χ1) is 10.8. The minimum absolute atomic E-state index is 0.203. The van der Waals surface area contributed by atoms with Gasteiger partial charge in [-0.1, -0.05) is 12.1 Å². The van der Waals surface area contributed by atoms with Crippen LogP contribution in [0.15, 0.2) is 24.3 Å². The molecule has 1 amide bonds. The lowest BCUT2D eigenvalue weighted by Gasteiger charge is -2.27. The average molecular weight is 318 g/mol. The summed E-state index contributed by atoms with van der Waals surface area (Å²) in [7, 11) is 0. The lowest BCUT2D eigenvalue weighted by atomic mass is 10.1. The van der Waals surface area contributed by atoms with Gasteiger partial charge in [-0.25, -0.2) is 0 Å². The van der Waals surface area contributed by atoms with Crippen molar-refractivity contribution in [2.75, 3.05) is 24.6 Å². The second-order valence-electron chi connectivity index (χ2n) is 6.35. The normalized spacial score (nSPS) is 22.5. The number of hydrogen-bond donors (Lipinski definition) is 1. The number of nitrogens with zero attached hydrogens (tertiary/aromatic N) is 1. The fourth-order valence-corrected chi connectivity index (χ4v) is 4.36. The molecule has 0 unspecified atom stereocenters. The van der Waals surface area contributed by atoms with Gasteiger partial charge >= 0.3 is 0 Å². The Hall–Kier alpha value is -1.00. The van der Waals surface area contributed by atoms with Crippen molar-refractivity contribution in [1.82, 2.24) is 10.2 Å². The molecule has 1 atom stereocenters. The second kappa shape index (κ2) is 8.02. The predicted molar refractivity (Wildman–Crippen MR) is 93.4 cm³/mol. The highest BCUT2D eigenvalue weighted by Gasteiger charge is 2.18. The van der Waals surface area contributed by atoms with Gasteiger partial charge < -0.3 is 10.2 Å². The highest BCUT2D eigenvalue weighted by atomic mass is 32.2. The van der Waals surface area contributed by atoms with Gasteiger partial charge in [-0.3, -0.25) is 4.79 Å². The number of piperidine rings is 1. The molecule has 4 heteroatoms. The third kappa shape index (κ3) is 4.26. The number of carbonyl (C=O) groups is 1. The Kier molecular flexibility index (Phi) is 5.79. The molecule has 0 radical (unpaired) electrons. The van der Waals surface area contributed by atoms with Gasteiger partial charge in [0, 0.05) is 37.0 Å². The Morgan fingerprint density at radius 3 is 2.86 bits per heavy atom. The van der Waals surface area contributed by atoms with Crippen LogP contribution in [0.3, 0.4) is 0 Å². The zero-order chi connectivity index (χ0) is 15.2. The minimum atomic E-state index is 0.203. The summed E-state index contributed by atoms with van der Waals surface area (Å²) in [5.41, 5.74) is 2.07. The first-order valence-electron chi connectivity index (χ1n) is 8.52. The van der Waals surface area contributed by atoms with Crippen LogP contribution in [0.5, 0.6) is 0 Å². The summed E-state index contributed by atoms with van der Waals surface area (Å²) < 4.78 is 0. The standard InChI is InChI=1S/C18H26N2OS/c21-18(20-9-2-1-3-10-20)16-7-4-6-15(12-16)13-19-17-8-5-11-22-14-17/h4,6-7,12,17,19H,1-3,5,8-11,13-14H2/t17-/m1/s1. The van der Waals surface area contributed by atoms with E-state index in [1.807, 2.05) is 28.8 Å². The monoisotopic (exact) mass is 318 g/mol. The Balaban J connectivity index is 1.58. The van der Waals surface area contributed by atoms with Crippen LogP contribution >= 0.6 is 11.8 Å². The van der Waals surface area contributed by atoms with Crippen LogP contribution in [0.25, 0.3) is 0 Å². The van der Waals surface area contributed by atoms with Gasteiger partial charge in [0.05, 0.1) is 0 Å². The van der Waals surface area contributed by atoms with Gasteiger partial charge in [0.15, 0.2) is 0 Å². The first kappa shape index (κ1) is 15.9. The Morgan fingerprint density at radius 2 is 2.09 bits per heavy atom. The highest BCUT2D eigenvalue weighted by Crippen LogP contribution is 2.18. The lowest BCUT2D eigenvalue weighted by molar-refractivity contribution is 0.0724. The van der Waals surface area contributed by atoms with Crippen LogP contribution < -0.4 is 5.32 Å². The van der Waals surface area contributed by atoms with Crippen LogP contribution in [-0.4, -0.2) is 41.4 Å². The summed E-state index contributed by atoms with van der Waals surface area (Å²) in [5, 5.41) is 3.64. The first-order valence-corrected chi connectivity index (χ1v) is 9.68. The molecule has 2 saturated heterocycles. The van der Waals surface area contributed by atoms with E-state index in [9.17, 15) is 4.79 Å². The molecule has 2 heterocycles. The van der Waals surface area contributed by atoms with Crippen molar-refractivity contribution in [2.45, 2.75) is 44.7 Å². The van der Waals surface area contributed by atoms with E-state index in [2.05, 4.69) is 17.4 Å². The molecule has 2 fully saturated rings. The third-order valence-electron chi connectivity index (χ3n) is 4.57. The maximum Gasteiger partial charge on any atom is 0.253 e. The zero-order valence-electron chi connectivity index (χ0n) is 13.2. The summed E-state index contributed by atoms with van der Waals surface area (Å²) >= 11 is 2.04. The fourth-order valence-electron chi connectivity index (χ4n) is 3.26. The molecule has 2 aliphatic heterocycles.